The molecular formula is C10H10BrN3S2. The summed E-state index contributed by atoms with van der Waals surface area (Å²) in [6, 6.07) is 8.18. The number of nitrogens with one attached hydrogen (secondary N) is 1. The first-order chi connectivity index (χ1) is 7.79. The number of nitrogens with zero attached hydrogens (tertiary/aromatic N) is 2. The molecule has 3 nitrogen and oxygen atoms in total. The van der Waals surface area contributed by atoms with E-state index in [0.717, 1.165) is 20.4 Å². The molecule has 0 aliphatic heterocycles. The number of halogens is 1. The SMILES string of the molecule is CNc1nnc(CSc2ccccc2Br)s1. The first kappa shape index (κ1) is 11.9. The highest BCUT2D eigenvalue weighted by molar-refractivity contribution is 9.10. The van der Waals surface area contributed by atoms with Crippen LogP contribution in [0.2, 0.25) is 0 Å². The minimum Gasteiger partial charge on any atom is -0.363 e. The minimum absolute atomic E-state index is 0.849. The summed E-state index contributed by atoms with van der Waals surface area (Å²) >= 11 is 6.87. The molecule has 1 heterocycles. The van der Waals surface area contributed by atoms with Gasteiger partial charge in [0, 0.05) is 16.4 Å². The second-order valence-corrected chi connectivity index (χ2v) is 5.90. The van der Waals surface area contributed by atoms with Crippen molar-refractivity contribution < 1.29 is 0 Å². The van der Waals surface area contributed by atoms with Crippen LogP contribution in [0.3, 0.4) is 0 Å². The molecule has 1 aromatic carbocycles. The molecule has 0 unspecified atom stereocenters. The van der Waals surface area contributed by atoms with Crippen molar-refractivity contribution in [2.75, 3.05) is 12.4 Å². The fraction of sp³-hybridized carbons (Fsp3) is 0.200. The Balaban J connectivity index is 1.99. The topological polar surface area (TPSA) is 37.8 Å². The molecule has 0 saturated heterocycles. The highest BCUT2D eigenvalue weighted by Crippen LogP contribution is 2.30. The summed E-state index contributed by atoms with van der Waals surface area (Å²) in [4.78, 5) is 1.23. The van der Waals surface area contributed by atoms with E-state index in [1.54, 1.807) is 23.1 Å². The number of rotatable bonds is 4. The van der Waals surface area contributed by atoms with Crippen LogP contribution in [-0.2, 0) is 5.75 Å². The molecule has 0 spiro atoms. The number of anilines is 1. The van der Waals surface area contributed by atoms with E-state index in [1.807, 2.05) is 25.2 Å². The van der Waals surface area contributed by atoms with E-state index in [1.165, 1.54) is 4.90 Å². The molecule has 6 heteroatoms. The van der Waals surface area contributed by atoms with Crippen LogP contribution in [0.15, 0.2) is 33.6 Å². The second-order valence-electron chi connectivity index (χ2n) is 2.97. The largest absolute Gasteiger partial charge is 0.363 e. The number of benzene rings is 1. The Morgan fingerprint density at radius 3 is 2.88 bits per heavy atom. The van der Waals surface area contributed by atoms with Gasteiger partial charge in [-0.3, -0.25) is 0 Å². The molecule has 16 heavy (non-hydrogen) atoms. The molecule has 84 valence electrons. The fourth-order valence-corrected chi connectivity index (χ4v) is 3.36. The first-order valence-corrected chi connectivity index (χ1v) is 7.26. The second kappa shape index (κ2) is 5.65. The predicted molar refractivity (Wildman–Crippen MR) is 73.2 cm³/mol. The van der Waals surface area contributed by atoms with Crippen LogP contribution in [0, 0.1) is 0 Å². The van der Waals surface area contributed by atoms with Crippen LogP contribution in [0.5, 0.6) is 0 Å². The highest BCUT2D eigenvalue weighted by atomic mass is 79.9. The van der Waals surface area contributed by atoms with Crippen LogP contribution in [0.4, 0.5) is 5.13 Å². The van der Waals surface area contributed by atoms with Crippen molar-refractivity contribution >= 4 is 44.2 Å². The van der Waals surface area contributed by atoms with Gasteiger partial charge >= 0.3 is 0 Å². The van der Waals surface area contributed by atoms with E-state index >= 15 is 0 Å². The van der Waals surface area contributed by atoms with E-state index in [9.17, 15) is 0 Å². The number of hydrogen-bond acceptors (Lipinski definition) is 5. The zero-order valence-electron chi connectivity index (χ0n) is 8.61. The molecule has 2 aromatic rings. The zero-order chi connectivity index (χ0) is 11.4. The molecule has 2 rings (SSSR count). The van der Waals surface area contributed by atoms with Crippen molar-refractivity contribution in [2.45, 2.75) is 10.6 Å². The molecule has 1 N–H and O–H groups in total. The summed E-state index contributed by atoms with van der Waals surface area (Å²) in [7, 11) is 1.85. The Labute approximate surface area is 111 Å². The molecule has 0 atom stereocenters. The highest BCUT2D eigenvalue weighted by Gasteiger charge is 2.04. The van der Waals surface area contributed by atoms with Crippen LogP contribution in [0.1, 0.15) is 5.01 Å². The van der Waals surface area contributed by atoms with Gasteiger partial charge in [-0.1, -0.05) is 23.5 Å². The molecule has 0 aliphatic rings. The summed E-state index contributed by atoms with van der Waals surface area (Å²) < 4.78 is 1.12. The van der Waals surface area contributed by atoms with E-state index in [-0.39, 0.29) is 0 Å². The normalized spacial score (nSPS) is 10.4. The van der Waals surface area contributed by atoms with Crippen LogP contribution < -0.4 is 5.32 Å². The lowest BCUT2D eigenvalue weighted by Gasteiger charge is -2.00. The summed E-state index contributed by atoms with van der Waals surface area (Å²) in [5.74, 6) is 0.849. The maximum Gasteiger partial charge on any atom is 0.205 e. The van der Waals surface area contributed by atoms with Crippen molar-refractivity contribution in [1.29, 1.82) is 0 Å². The molecule has 0 aliphatic carbocycles. The summed E-state index contributed by atoms with van der Waals surface area (Å²) in [5.41, 5.74) is 0. The van der Waals surface area contributed by atoms with Crippen LogP contribution in [0.25, 0.3) is 0 Å². The van der Waals surface area contributed by atoms with Crippen LogP contribution >= 0.6 is 39.0 Å². The minimum atomic E-state index is 0.849. The Morgan fingerprint density at radius 1 is 1.38 bits per heavy atom. The maximum atomic E-state index is 4.10. The predicted octanol–water partition coefficient (Wildman–Crippen LogP) is 3.63. The van der Waals surface area contributed by atoms with Gasteiger partial charge in [-0.2, -0.15) is 0 Å². The van der Waals surface area contributed by atoms with Crippen molar-refractivity contribution in [3.63, 3.8) is 0 Å². The van der Waals surface area contributed by atoms with E-state index in [0.29, 0.717) is 0 Å². The van der Waals surface area contributed by atoms with Crippen LogP contribution in [-0.4, -0.2) is 17.2 Å². The van der Waals surface area contributed by atoms with Gasteiger partial charge in [0.25, 0.3) is 0 Å². The quantitative estimate of drug-likeness (QED) is 0.874. The summed E-state index contributed by atoms with van der Waals surface area (Å²) in [6.45, 7) is 0. The average molecular weight is 316 g/mol. The fourth-order valence-electron chi connectivity index (χ4n) is 1.11. The Hall–Kier alpha value is -0.590. The van der Waals surface area contributed by atoms with Crippen molar-refractivity contribution in [3.05, 3.63) is 33.7 Å². The molecule has 1 aromatic heterocycles. The van der Waals surface area contributed by atoms with Gasteiger partial charge in [-0.25, -0.2) is 0 Å². The number of hydrogen-bond donors (Lipinski definition) is 1. The van der Waals surface area contributed by atoms with Gasteiger partial charge in [0.15, 0.2) is 0 Å². The first-order valence-electron chi connectivity index (χ1n) is 4.67. The zero-order valence-corrected chi connectivity index (χ0v) is 11.8. The monoisotopic (exact) mass is 315 g/mol. The Bertz CT molecular complexity index is 473. The van der Waals surface area contributed by atoms with E-state index in [2.05, 4.69) is 37.5 Å². The molecule has 0 bridgehead atoms. The number of aromatic nitrogens is 2. The van der Waals surface area contributed by atoms with Gasteiger partial charge in [0.2, 0.25) is 5.13 Å². The van der Waals surface area contributed by atoms with E-state index < -0.39 is 0 Å². The lowest BCUT2D eigenvalue weighted by atomic mass is 10.4. The molecular weight excluding hydrogens is 306 g/mol. The third-order valence-electron chi connectivity index (χ3n) is 1.87. The lowest BCUT2D eigenvalue weighted by molar-refractivity contribution is 1.04. The van der Waals surface area contributed by atoms with Gasteiger partial charge in [-0.05, 0) is 28.1 Å². The lowest BCUT2D eigenvalue weighted by Crippen LogP contribution is -1.84. The van der Waals surface area contributed by atoms with Gasteiger partial charge in [0.1, 0.15) is 5.01 Å². The Kier molecular flexibility index (Phi) is 4.20. The van der Waals surface area contributed by atoms with Gasteiger partial charge in [0.05, 0.1) is 5.75 Å². The third kappa shape index (κ3) is 2.96. The average Bonchev–Trinajstić information content (AvgIpc) is 2.76. The molecule has 0 radical (unpaired) electrons. The van der Waals surface area contributed by atoms with Gasteiger partial charge < -0.3 is 5.32 Å². The Morgan fingerprint density at radius 2 is 2.19 bits per heavy atom. The summed E-state index contributed by atoms with van der Waals surface area (Å²) in [6.07, 6.45) is 0. The van der Waals surface area contributed by atoms with Crippen molar-refractivity contribution in [3.8, 4) is 0 Å². The standard InChI is InChI=1S/C10H10BrN3S2/c1-12-10-14-13-9(16-10)6-15-8-5-3-2-4-7(8)11/h2-5H,6H2,1H3,(H,12,14). The van der Waals surface area contributed by atoms with Gasteiger partial charge in [-0.15, -0.1) is 22.0 Å². The third-order valence-corrected chi connectivity index (χ3v) is 5.03. The van der Waals surface area contributed by atoms with E-state index in [4.69, 9.17) is 0 Å². The molecule has 0 saturated carbocycles. The molecule has 0 amide bonds. The van der Waals surface area contributed by atoms with Crippen molar-refractivity contribution in [2.24, 2.45) is 0 Å². The smallest absolute Gasteiger partial charge is 0.205 e. The summed E-state index contributed by atoms with van der Waals surface area (Å²) in [5, 5.41) is 13.0. The molecule has 0 fully saturated rings. The number of thioether (sulfide) groups is 1. The maximum absolute atomic E-state index is 4.10. The van der Waals surface area contributed by atoms with Crippen molar-refractivity contribution in [1.82, 2.24) is 10.2 Å².